The van der Waals surface area contributed by atoms with Gasteiger partial charge in [0.05, 0.1) is 30.5 Å². The summed E-state index contributed by atoms with van der Waals surface area (Å²) in [5.74, 6) is 0.565. The van der Waals surface area contributed by atoms with Crippen LogP contribution in [0.15, 0.2) is 18.3 Å². The van der Waals surface area contributed by atoms with Gasteiger partial charge in [-0.3, -0.25) is 4.79 Å². The van der Waals surface area contributed by atoms with Gasteiger partial charge in [-0.2, -0.15) is 10.5 Å². The van der Waals surface area contributed by atoms with Crippen molar-refractivity contribution in [2.75, 3.05) is 32.1 Å². The summed E-state index contributed by atoms with van der Waals surface area (Å²) in [6, 6.07) is 7.48. The molecule has 1 heterocycles. The van der Waals surface area contributed by atoms with E-state index in [1.54, 1.807) is 12.1 Å². The zero-order valence-corrected chi connectivity index (χ0v) is 11.7. The summed E-state index contributed by atoms with van der Waals surface area (Å²) >= 11 is 0. The van der Waals surface area contributed by atoms with Crippen LogP contribution in [0.2, 0.25) is 0 Å². The number of aromatic nitrogens is 1. The van der Waals surface area contributed by atoms with Crippen LogP contribution < -0.4 is 4.90 Å². The van der Waals surface area contributed by atoms with Crippen LogP contribution in [0.5, 0.6) is 0 Å². The highest BCUT2D eigenvalue weighted by Gasteiger charge is 2.15. The lowest BCUT2D eigenvalue weighted by molar-refractivity contribution is 0.0762. The van der Waals surface area contributed by atoms with E-state index < -0.39 is 0 Å². The number of nitrogens with zero attached hydrogens (tertiary/aromatic N) is 5. The zero-order chi connectivity index (χ0) is 15.0. The minimum absolute atomic E-state index is 0.201. The number of carbonyl (C=O) groups is 1. The molecular formula is C14H17N5O. The smallest absolute Gasteiger partial charge is 0.255 e. The summed E-state index contributed by atoms with van der Waals surface area (Å²) in [5.41, 5.74) is 0.464. The maximum atomic E-state index is 12.3. The van der Waals surface area contributed by atoms with E-state index in [4.69, 9.17) is 10.5 Å². The van der Waals surface area contributed by atoms with Gasteiger partial charge in [0.2, 0.25) is 0 Å². The molecule has 0 spiro atoms. The molecule has 0 saturated heterocycles. The molecule has 0 fully saturated rings. The summed E-state index contributed by atoms with van der Waals surface area (Å²) in [5, 5.41) is 17.2. The Morgan fingerprint density at radius 3 is 2.20 bits per heavy atom. The fourth-order valence-electron chi connectivity index (χ4n) is 1.64. The highest BCUT2D eigenvalue weighted by molar-refractivity contribution is 5.94. The average Bonchev–Trinajstić information content (AvgIpc) is 2.47. The fraction of sp³-hybridized carbons (Fsp3) is 0.429. The van der Waals surface area contributed by atoms with Crippen molar-refractivity contribution in [3.63, 3.8) is 0 Å². The van der Waals surface area contributed by atoms with Crippen LogP contribution in [-0.2, 0) is 0 Å². The first-order chi connectivity index (χ1) is 9.60. The molecular weight excluding hydrogens is 254 g/mol. The number of amides is 1. The molecule has 1 aromatic heterocycles. The molecule has 0 bridgehead atoms. The van der Waals surface area contributed by atoms with E-state index in [0.29, 0.717) is 18.7 Å². The molecule has 1 rings (SSSR count). The van der Waals surface area contributed by atoms with Gasteiger partial charge in [0, 0.05) is 33.4 Å². The first-order valence-corrected chi connectivity index (χ1v) is 6.26. The van der Waals surface area contributed by atoms with Crippen molar-refractivity contribution < 1.29 is 4.79 Å². The number of hydrogen-bond donors (Lipinski definition) is 0. The van der Waals surface area contributed by atoms with Gasteiger partial charge < -0.3 is 9.80 Å². The Balaban J connectivity index is 2.82. The predicted octanol–water partition coefficient (Wildman–Crippen LogP) is 1.42. The van der Waals surface area contributed by atoms with Gasteiger partial charge in [0.15, 0.2) is 0 Å². The van der Waals surface area contributed by atoms with Gasteiger partial charge in [-0.15, -0.1) is 0 Å². The number of carbonyl (C=O) groups excluding carboxylic acids is 1. The lowest BCUT2D eigenvalue weighted by Gasteiger charge is -2.20. The van der Waals surface area contributed by atoms with E-state index in [1.807, 2.05) is 31.1 Å². The van der Waals surface area contributed by atoms with E-state index in [0.717, 1.165) is 5.82 Å². The second-order valence-electron chi connectivity index (χ2n) is 4.41. The van der Waals surface area contributed by atoms with Crippen molar-refractivity contribution in [1.82, 2.24) is 9.88 Å². The Labute approximate surface area is 118 Å². The van der Waals surface area contributed by atoms with Crippen molar-refractivity contribution in [3.05, 3.63) is 23.9 Å². The minimum atomic E-state index is -0.201. The first kappa shape index (κ1) is 15.5. The number of nitriles is 2. The Hall–Kier alpha value is -2.60. The predicted molar refractivity (Wildman–Crippen MR) is 74.9 cm³/mol. The standard InChI is InChI=1S/C14H17N5O/c1-18(2)13-6-5-12(11-17-13)14(20)19(9-3-7-15)10-4-8-16/h5-6,11H,3-4,9-10H2,1-2H3. The Morgan fingerprint density at radius 1 is 1.20 bits per heavy atom. The van der Waals surface area contributed by atoms with Gasteiger partial charge in [-0.1, -0.05) is 0 Å². The molecule has 20 heavy (non-hydrogen) atoms. The molecule has 0 atom stereocenters. The highest BCUT2D eigenvalue weighted by atomic mass is 16.2. The molecule has 0 aliphatic rings. The Kier molecular flexibility index (Phi) is 5.99. The average molecular weight is 271 g/mol. The van der Waals surface area contributed by atoms with Gasteiger partial charge >= 0.3 is 0 Å². The van der Waals surface area contributed by atoms with Crippen LogP contribution in [0.4, 0.5) is 5.82 Å². The summed E-state index contributed by atoms with van der Waals surface area (Å²) in [4.78, 5) is 19.8. The summed E-state index contributed by atoms with van der Waals surface area (Å²) in [6.45, 7) is 0.652. The second-order valence-corrected chi connectivity index (χ2v) is 4.41. The van der Waals surface area contributed by atoms with Crippen molar-refractivity contribution in [2.24, 2.45) is 0 Å². The molecule has 0 saturated carbocycles. The summed E-state index contributed by atoms with van der Waals surface area (Å²) in [7, 11) is 3.74. The fourth-order valence-corrected chi connectivity index (χ4v) is 1.64. The highest BCUT2D eigenvalue weighted by Crippen LogP contribution is 2.10. The largest absolute Gasteiger partial charge is 0.363 e. The lowest BCUT2D eigenvalue weighted by Crippen LogP contribution is -2.32. The Morgan fingerprint density at radius 2 is 1.80 bits per heavy atom. The van der Waals surface area contributed by atoms with Crippen LogP contribution in [0.25, 0.3) is 0 Å². The van der Waals surface area contributed by atoms with Gasteiger partial charge in [0.1, 0.15) is 5.82 Å². The first-order valence-electron chi connectivity index (χ1n) is 6.26. The third-order valence-electron chi connectivity index (χ3n) is 2.73. The molecule has 6 heteroatoms. The molecule has 1 aromatic rings. The van der Waals surface area contributed by atoms with E-state index in [-0.39, 0.29) is 18.7 Å². The maximum Gasteiger partial charge on any atom is 0.255 e. The quantitative estimate of drug-likeness (QED) is 0.781. The third-order valence-corrected chi connectivity index (χ3v) is 2.73. The van der Waals surface area contributed by atoms with Crippen LogP contribution in [-0.4, -0.2) is 43.0 Å². The van der Waals surface area contributed by atoms with E-state index in [1.165, 1.54) is 11.1 Å². The van der Waals surface area contributed by atoms with Crippen LogP contribution in [0.3, 0.4) is 0 Å². The number of anilines is 1. The molecule has 6 nitrogen and oxygen atoms in total. The van der Waals surface area contributed by atoms with Crippen LogP contribution in [0.1, 0.15) is 23.2 Å². The number of pyridine rings is 1. The minimum Gasteiger partial charge on any atom is -0.363 e. The monoisotopic (exact) mass is 271 g/mol. The normalized spacial score (nSPS) is 9.40. The van der Waals surface area contributed by atoms with Crippen molar-refractivity contribution >= 4 is 11.7 Å². The zero-order valence-electron chi connectivity index (χ0n) is 11.7. The van der Waals surface area contributed by atoms with Crippen molar-refractivity contribution in [1.29, 1.82) is 10.5 Å². The summed E-state index contributed by atoms with van der Waals surface area (Å²) < 4.78 is 0. The summed E-state index contributed by atoms with van der Waals surface area (Å²) in [6.07, 6.45) is 2.02. The van der Waals surface area contributed by atoms with Crippen molar-refractivity contribution in [3.8, 4) is 12.1 Å². The molecule has 0 N–H and O–H groups in total. The molecule has 0 radical (unpaired) electrons. The van der Waals surface area contributed by atoms with E-state index >= 15 is 0 Å². The van der Waals surface area contributed by atoms with Crippen molar-refractivity contribution in [2.45, 2.75) is 12.8 Å². The number of hydrogen-bond acceptors (Lipinski definition) is 5. The van der Waals surface area contributed by atoms with Gasteiger partial charge in [-0.25, -0.2) is 4.98 Å². The molecule has 1 amide bonds. The van der Waals surface area contributed by atoms with E-state index in [2.05, 4.69) is 4.98 Å². The topological polar surface area (TPSA) is 84.0 Å². The van der Waals surface area contributed by atoms with Crippen LogP contribution in [0, 0.1) is 22.7 Å². The molecule has 0 aliphatic heterocycles. The molecule has 104 valence electrons. The second kappa shape index (κ2) is 7.75. The van der Waals surface area contributed by atoms with Crippen LogP contribution >= 0.6 is 0 Å². The maximum absolute atomic E-state index is 12.3. The van der Waals surface area contributed by atoms with Gasteiger partial charge in [-0.05, 0) is 12.1 Å². The van der Waals surface area contributed by atoms with E-state index in [9.17, 15) is 4.79 Å². The SMILES string of the molecule is CN(C)c1ccc(C(=O)N(CCC#N)CCC#N)cn1. The molecule has 0 aromatic carbocycles. The molecule has 0 aliphatic carbocycles. The lowest BCUT2D eigenvalue weighted by atomic mass is 10.2. The van der Waals surface area contributed by atoms with Gasteiger partial charge in [0.25, 0.3) is 5.91 Å². The molecule has 0 unspecified atom stereocenters. The Bertz CT molecular complexity index is 506. The third kappa shape index (κ3) is 4.25. The number of rotatable bonds is 6.